The maximum absolute atomic E-state index is 12.1. The molecular formula is C18H19N3O2. The van der Waals surface area contributed by atoms with Crippen molar-refractivity contribution < 1.29 is 9.90 Å². The highest BCUT2D eigenvalue weighted by atomic mass is 16.3. The van der Waals surface area contributed by atoms with Crippen molar-refractivity contribution in [3.05, 3.63) is 59.5 Å². The summed E-state index contributed by atoms with van der Waals surface area (Å²) in [5, 5.41) is 13.2. The number of nitrogens with zero attached hydrogens (tertiary/aromatic N) is 1. The Hall–Kier alpha value is -2.66. The van der Waals surface area contributed by atoms with Gasteiger partial charge in [0, 0.05) is 35.3 Å². The van der Waals surface area contributed by atoms with Crippen LogP contribution in [0.15, 0.2) is 42.9 Å². The van der Waals surface area contributed by atoms with E-state index in [0.717, 1.165) is 16.5 Å². The number of rotatable bonds is 5. The zero-order valence-electron chi connectivity index (χ0n) is 13.0. The van der Waals surface area contributed by atoms with Crippen LogP contribution in [0, 0.1) is 6.92 Å². The van der Waals surface area contributed by atoms with Crippen molar-refractivity contribution in [3.63, 3.8) is 0 Å². The maximum Gasteiger partial charge on any atom is 0.224 e. The molecule has 0 aliphatic carbocycles. The SMILES string of the molecule is Cc1ccc2[nH]cc(CCC(=O)Nc3cnccc3CO)c2c1. The van der Waals surface area contributed by atoms with Crippen LogP contribution < -0.4 is 5.32 Å². The summed E-state index contributed by atoms with van der Waals surface area (Å²) in [6.07, 6.45) is 6.14. The molecule has 2 aromatic heterocycles. The number of anilines is 1. The van der Waals surface area contributed by atoms with Crippen molar-refractivity contribution in [1.82, 2.24) is 9.97 Å². The largest absolute Gasteiger partial charge is 0.392 e. The molecule has 0 fully saturated rings. The molecule has 1 amide bonds. The Kier molecular flexibility index (Phi) is 4.39. The lowest BCUT2D eigenvalue weighted by Crippen LogP contribution is -2.14. The molecule has 0 aliphatic rings. The lowest BCUT2D eigenvalue weighted by Gasteiger charge is -2.08. The van der Waals surface area contributed by atoms with Gasteiger partial charge in [0.2, 0.25) is 5.91 Å². The smallest absolute Gasteiger partial charge is 0.224 e. The molecule has 0 atom stereocenters. The molecule has 0 unspecified atom stereocenters. The van der Waals surface area contributed by atoms with E-state index in [1.165, 1.54) is 5.56 Å². The number of fused-ring (bicyclic) bond motifs is 1. The second-order valence-corrected chi connectivity index (χ2v) is 5.60. The molecule has 23 heavy (non-hydrogen) atoms. The van der Waals surface area contributed by atoms with Crippen molar-refractivity contribution in [1.29, 1.82) is 0 Å². The molecule has 2 heterocycles. The van der Waals surface area contributed by atoms with E-state index in [9.17, 15) is 9.90 Å². The van der Waals surface area contributed by atoms with E-state index < -0.39 is 0 Å². The van der Waals surface area contributed by atoms with E-state index in [1.807, 2.05) is 6.20 Å². The Balaban J connectivity index is 1.67. The maximum atomic E-state index is 12.1. The van der Waals surface area contributed by atoms with E-state index in [0.29, 0.717) is 24.1 Å². The van der Waals surface area contributed by atoms with Gasteiger partial charge in [-0.3, -0.25) is 9.78 Å². The van der Waals surface area contributed by atoms with Gasteiger partial charge >= 0.3 is 0 Å². The number of aryl methyl sites for hydroxylation is 2. The first-order valence-corrected chi connectivity index (χ1v) is 7.57. The van der Waals surface area contributed by atoms with Crippen molar-refractivity contribution in [3.8, 4) is 0 Å². The molecule has 0 spiro atoms. The summed E-state index contributed by atoms with van der Waals surface area (Å²) in [4.78, 5) is 19.4. The zero-order valence-corrected chi connectivity index (χ0v) is 13.0. The third-order valence-electron chi connectivity index (χ3n) is 3.90. The molecule has 1 aromatic carbocycles. The fourth-order valence-electron chi connectivity index (χ4n) is 2.63. The van der Waals surface area contributed by atoms with Crippen LogP contribution in [0.2, 0.25) is 0 Å². The molecule has 3 N–H and O–H groups in total. The van der Waals surface area contributed by atoms with E-state index in [-0.39, 0.29) is 12.5 Å². The third-order valence-corrected chi connectivity index (χ3v) is 3.90. The fourth-order valence-corrected chi connectivity index (χ4v) is 2.63. The topological polar surface area (TPSA) is 78.0 Å². The number of aromatic amines is 1. The number of aliphatic hydroxyl groups excluding tert-OH is 1. The minimum absolute atomic E-state index is 0.0882. The number of aromatic nitrogens is 2. The summed E-state index contributed by atoms with van der Waals surface area (Å²) in [6.45, 7) is 1.93. The van der Waals surface area contributed by atoms with Crippen molar-refractivity contribution in [2.75, 3.05) is 5.32 Å². The fraction of sp³-hybridized carbons (Fsp3) is 0.222. The van der Waals surface area contributed by atoms with Gasteiger partial charge in [-0.1, -0.05) is 11.6 Å². The number of carbonyl (C=O) groups is 1. The Labute approximate surface area is 134 Å². The summed E-state index contributed by atoms with van der Waals surface area (Å²) < 4.78 is 0. The number of benzene rings is 1. The summed E-state index contributed by atoms with van der Waals surface area (Å²) >= 11 is 0. The second-order valence-electron chi connectivity index (χ2n) is 5.60. The summed E-state index contributed by atoms with van der Waals surface area (Å²) in [6, 6.07) is 7.94. The Morgan fingerprint density at radius 3 is 3.00 bits per heavy atom. The second kappa shape index (κ2) is 6.62. The molecule has 0 saturated carbocycles. The van der Waals surface area contributed by atoms with Crippen LogP contribution in [-0.2, 0) is 17.8 Å². The number of carbonyl (C=O) groups excluding carboxylic acids is 1. The predicted octanol–water partition coefficient (Wildman–Crippen LogP) is 2.93. The average Bonchev–Trinajstić information content (AvgIpc) is 2.95. The van der Waals surface area contributed by atoms with Crippen LogP contribution in [0.4, 0.5) is 5.69 Å². The van der Waals surface area contributed by atoms with E-state index in [1.54, 1.807) is 18.5 Å². The van der Waals surface area contributed by atoms with Crippen LogP contribution >= 0.6 is 0 Å². The molecule has 0 radical (unpaired) electrons. The Bertz CT molecular complexity index is 839. The molecule has 5 nitrogen and oxygen atoms in total. The van der Waals surface area contributed by atoms with Crippen LogP contribution in [0.3, 0.4) is 0 Å². The first-order valence-electron chi connectivity index (χ1n) is 7.57. The van der Waals surface area contributed by atoms with Gasteiger partial charge in [-0.05, 0) is 37.1 Å². The van der Waals surface area contributed by atoms with Crippen LogP contribution in [0.5, 0.6) is 0 Å². The molecule has 3 rings (SSSR count). The zero-order chi connectivity index (χ0) is 16.2. The van der Waals surface area contributed by atoms with Crippen LogP contribution in [0.1, 0.15) is 23.1 Å². The van der Waals surface area contributed by atoms with Crippen LogP contribution in [-0.4, -0.2) is 21.0 Å². The van der Waals surface area contributed by atoms with Gasteiger partial charge < -0.3 is 15.4 Å². The quantitative estimate of drug-likeness (QED) is 0.678. The summed E-state index contributed by atoms with van der Waals surface area (Å²) in [5.41, 5.74) is 4.64. The molecular weight excluding hydrogens is 290 g/mol. The molecule has 118 valence electrons. The van der Waals surface area contributed by atoms with Gasteiger partial charge in [0.05, 0.1) is 18.5 Å². The lowest BCUT2D eigenvalue weighted by atomic mass is 10.1. The average molecular weight is 309 g/mol. The number of hydrogen-bond acceptors (Lipinski definition) is 3. The Morgan fingerprint density at radius 1 is 1.30 bits per heavy atom. The van der Waals surface area contributed by atoms with Crippen molar-refractivity contribution in [2.45, 2.75) is 26.4 Å². The van der Waals surface area contributed by atoms with Crippen molar-refractivity contribution in [2.24, 2.45) is 0 Å². The molecule has 5 heteroatoms. The highest BCUT2D eigenvalue weighted by Crippen LogP contribution is 2.21. The van der Waals surface area contributed by atoms with Gasteiger partial charge in [-0.2, -0.15) is 0 Å². The molecule has 0 bridgehead atoms. The van der Waals surface area contributed by atoms with E-state index in [4.69, 9.17) is 0 Å². The van der Waals surface area contributed by atoms with Crippen molar-refractivity contribution >= 4 is 22.5 Å². The minimum atomic E-state index is -0.125. The third kappa shape index (κ3) is 3.40. The van der Waals surface area contributed by atoms with E-state index in [2.05, 4.69) is 40.4 Å². The number of aliphatic hydroxyl groups is 1. The van der Waals surface area contributed by atoms with Gasteiger partial charge in [0.15, 0.2) is 0 Å². The van der Waals surface area contributed by atoms with E-state index >= 15 is 0 Å². The Morgan fingerprint density at radius 2 is 2.17 bits per heavy atom. The highest BCUT2D eigenvalue weighted by molar-refractivity contribution is 5.92. The minimum Gasteiger partial charge on any atom is -0.392 e. The predicted molar refractivity (Wildman–Crippen MR) is 90.1 cm³/mol. The number of hydrogen-bond donors (Lipinski definition) is 3. The lowest BCUT2D eigenvalue weighted by molar-refractivity contribution is -0.116. The molecule has 0 saturated heterocycles. The first kappa shape index (κ1) is 15.2. The van der Waals surface area contributed by atoms with Crippen LogP contribution in [0.25, 0.3) is 10.9 Å². The van der Waals surface area contributed by atoms with Gasteiger partial charge in [0.1, 0.15) is 0 Å². The number of pyridine rings is 1. The molecule has 3 aromatic rings. The summed E-state index contributed by atoms with van der Waals surface area (Å²) in [7, 11) is 0. The van der Waals surface area contributed by atoms with Gasteiger partial charge in [-0.15, -0.1) is 0 Å². The monoisotopic (exact) mass is 309 g/mol. The number of H-pyrrole nitrogens is 1. The standard InChI is InChI=1S/C18H19N3O2/c1-12-2-4-16-15(8-12)13(9-20-16)3-5-18(23)21-17-10-19-7-6-14(17)11-22/h2,4,6-10,20,22H,3,5,11H2,1H3,(H,21,23). The molecule has 0 aliphatic heterocycles. The van der Waals surface area contributed by atoms with Gasteiger partial charge in [-0.25, -0.2) is 0 Å². The number of nitrogens with one attached hydrogen (secondary N) is 2. The highest BCUT2D eigenvalue weighted by Gasteiger charge is 2.09. The first-order chi connectivity index (χ1) is 11.2. The van der Waals surface area contributed by atoms with Gasteiger partial charge in [0.25, 0.3) is 0 Å². The summed E-state index contributed by atoms with van der Waals surface area (Å²) in [5.74, 6) is -0.0882. The number of amides is 1. The normalized spacial score (nSPS) is 10.9.